The van der Waals surface area contributed by atoms with Crippen LogP contribution in [-0.4, -0.2) is 48.2 Å². The topological polar surface area (TPSA) is 52.6 Å². The average molecular weight is 226 g/mol. The summed E-state index contributed by atoms with van der Waals surface area (Å²) >= 11 is 0. The van der Waals surface area contributed by atoms with Crippen molar-refractivity contribution in [3.63, 3.8) is 0 Å². The van der Waals surface area contributed by atoms with Crippen LogP contribution in [0, 0.1) is 0 Å². The van der Waals surface area contributed by atoms with E-state index >= 15 is 0 Å². The van der Waals surface area contributed by atoms with E-state index in [1.54, 1.807) is 0 Å². The summed E-state index contributed by atoms with van der Waals surface area (Å²) in [5, 5.41) is 11.8. The van der Waals surface area contributed by atoms with Gasteiger partial charge in [-0.05, 0) is 33.7 Å². The van der Waals surface area contributed by atoms with Crippen LogP contribution in [0.15, 0.2) is 11.6 Å². The first-order valence-corrected chi connectivity index (χ1v) is 5.83. The zero-order valence-electron chi connectivity index (χ0n) is 10.4. The van der Waals surface area contributed by atoms with Gasteiger partial charge in [0.05, 0.1) is 0 Å². The predicted octanol–water partition coefficient (Wildman–Crippen LogP) is 1.09. The maximum absolute atomic E-state index is 10.4. The molecule has 1 unspecified atom stereocenters. The van der Waals surface area contributed by atoms with Crippen molar-refractivity contribution in [2.45, 2.75) is 38.8 Å². The summed E-state index contributed by atoms with van der Waals surface area (Å²) in [5.41, 5.74) is 0.855. The minimum Gasteiger partial charge on any atom is -0.478 e. The number of rotatable bonds is 7. The quantitative estimate of drug-likeness (QED) is 0.638. The molecule has 1 aliphatic carbocycles. The molecule has 92 valence electrons. The van der Waals surface area contributed by atoms with E-state index in [0.717, 1.165) is 18.2 Å². The number of hydrogen-bond acceptors (Lipinski definition) is 3. The van der Waals surface area contributed by atoms with Crippen molar-refractivity contribution in [3.05, 3.63) is 11.6 Å². The molecule has 0 aromatic rings. The van der Waals surface area contributed by atoms with Gasteiger partial charge in [-0.25, -0.2) is 4.79 Å². The molecule has 0 spiro atoms. The van der Waals surface area contributed by atoms with E-state index in [0.29, 0.717) is 12.6 Å². The van der Waals surface area contributed by atoms with Crippen molar-refractivity contribution < 1.29 is 9.90 Å². The molecule has 0 aliphatic heterocycles. The van der Waals surface area contributed by atoms with Gasteiger partial charge in [0.25, 0.3) is 0 Å². The Morgan fingerprint density at radius 2 is 2.25 bits per heavy atom. The highest BCUT2D eigenvalue weighted by atomic mass is 16.4. The Balaban J connectivity index is 2.16. The molecule has 1 fully saturated rings. The number of carboxylic acid groups (broad SMARTS) is 1. The number of carboxylic acids is 1. The van der Waals surface area contributed by atoms with Gasteiger partial charge in [-0.3, -0.25) is 4.90 Å². The number of nitrogens with one attached hydrogen (secondary N) is 1. The third-order valence-corrected chi connectivity index (χ3v) is 3.03. The summed E-state index contributed by atoms with van der Waals surface area (Å²) in [6, 6.07) is 1.28. The largest absolute Gasteiger partial charge is 0.478 e. The second kappa shape index (κ2) is 6.01. The Labute approximate surface area is 97.3 Å². The summed E-state index contributed by atoms with van der Waals surface area (Å²) in [5.74, 6) is -0.873. The van der Waals surface area contributed by atoms with Crippen molar-refractivity contribution >= 4 is 5.97 Å². The average Bonchev–Trinajstić information content (AvgIpc) is 2.98. The van der Waals surface area contributed by atoms with E-state index in [1.165, 1.54) is 18.9 Å². The van der Waals surface area contributed by atoms with E-state index in [9.17, 15) is 4.79 Å². The Bertz CT molecular complexity index is 272. The summed E-state index contributed by atoms with van der Waals surface area (Å²) in [7, 11) is 2.16. The number of likely N-dealkylation sites (N-methyl/N-ethyl adjacent to an activating group) is 1. The molecule has 0 bridgehead atoms. The van der Waals surface area contributed by atoms with Gasteiger partial charge in [-0.2, -0.15) is 0 Å². The molecule has 16 heavy (non-hydrogen) atoms. The van der Waals surface area contributed by atoms with Gasteiger partial charge < -0.3 is 10.4 Å². The smallest absolute Gasteiger partial charge is 0.328 e. The first-order valence-electron chi connectivity index (χ1n) is 5.83. The third-order valence-electron chi connectivity index (χ3n) is 3.03. The molecule has 0 aromatic heterocycles. The standard InChI is InChI=1S/C12H22N2O2/c1-9(6-12(15)16)7-13-8-10(2)14(3)11-4-5-11/h6,10-11,13H,4-5,7-8H2,1-3H3,(H,15,16). The van der Waals surface area contributed by atoms with Gasteiger partial charge in [-0.15, -0.1) is 0 Å². The first kappa shape index (κ1) is 13.2. The summed E-state index contributed by atoms with van der Waals surface area (Å²) in [4.78, 5) is 12.8. The van der Waals surface area contributed by atoms with Gasteiger partial charge in [0, 0.05) is 31.2 Å². The summed E-state index contributed by atoms with van der Waals surface area (Å²) in [6.07, 6.45) is 3.89. The Kier molecular flexibility index (Phi) is 4.96. The maximum Gasteiger partial charge on any atom is 0.328 e. The molecular weight excluding hydrogens is 204 g/mol. The van der Waals surface area contributed by atoms with Crippen LogP contribution in [0.3, 0.4) is 0 Å². The highest BCUT2D eigenvalue weighted by molar-refractivity contribution is 5.80. The molecular formula is C12H22N2O2. The van der Waals surface area contributed by atoms with Crippen molar-refractivity contribution in [2.24, 2.45) is 0 Å². The van der Waals surface area contributed by atoms with Crippen LogP contribution in [0.5, 0.6) is 0 Å². The molecule has 0 saturated heterocycles. The van der Waals surface area contributed by atoms with Crippen molar-refractivity contribution in [1.29, 1.82) is 0 Å². The molecule has 0 heterocycles. The fourth-order valence-corrected chi connectivity index (χ4v) is 1.73. The van der Waals surface area contributed by atoms with E-state index in [1.807, 2.05) is 6.92 Å². The van der Waals surface area contributed by atoms with Gasteiger partial charge >= 0.3 is 5.97 Å². The highest BCUT2D eigenvalue weighted by Crippen LogP contribution is 2.26. The molecule has 0 radical (unpaired) electrons. The van der Waals surface area contributed by atoms with E-state index in [4.69, 9.17) is 5.11 Å². The van der Waals surface area contributed by atoms with Gasteiger partial charge in [0.2, 0.25) is 0 Å². The van der Waals surface area contributed by atoms with E-state index in [-0.39, 0.29) is 0 Å². The van der Waals surface area contributed by atoms with Gasteiger partial charge in [0.1, 0.15) is 0 Å². The summed E-state index contributed by atoms with van der Waals surface area (Å²) < 4.78 is 0. The lowest BCUT2D eigenvalue weighted by Gasteiger charge is -2.24. The lowest BCUT2D eigenvalue weighted by molar-refractivity contribution is -0.131. The van der Waals surface area contributed by atoms with Crippen molar-refractivity contribution in [3.8, 4) is 0 Å². The fourth-order valence-electron chi connectivity index (χ4n) is 1.73. The van der Waals surface area contributed by atoms with Crippen LogP contribution in [0.4, 0.5) is 0 Å². The number of carbonyl (C=O) groups is 1. The minimum absolute atomic E-state index is 0.505. The number of hydrogen-bond donors (Lipinski definition) is 2. The third kappa shape index (κ3) is 4.77. The molecule has 4 nitrogen and oxygen atoms in total. The van der Waals surface area contributed by atoms with Crippen LogP contribution >= 0.6 is 0 Å². The van der Waals surface area contributed by atoms with Crippen molar-refractivity contribution in [1.82, 2.24) is 10.2 Å². The second-order valence-electron chi connectivity index (χ2n) is 4.71. The maximum atomic E-state index is 10.4. The molecule has 0 aromatic carbocycles. The monoisotopic (exact) mass is 226 g/mol. The van der Waals surface area contributed by atoms with Crippen LogP contribution < -0.4 is 5.32 Å². The lowest BCUT2D eigenvalue weighted by Crippen LogP contribution is -2.39. The van der Waals surface area contributed by atoms with E-state index < -0.39 is 5.97 Å². The lowest BCUT2D eigenvalue weighted by atomic mass is 10.2. The zero-order valence-corrected chi connectivity index (χ0v) is 10.4. The Hall–Kier alpha value is -0.870. The molecule has 2 N–H and O–H groups in total. The SMILES string of the molecule is CC(=CC(=O)O)CNCC(C)N(C)C1CC1. The fraction of sp³-hybridized carbons (Fsp3) is 0.750. The highest BCUT2D eigenvalue weighted by Gasteiger charge is 2.28. The Morgan fingerprint density at radius 3 is 2.75 bits per heavy atom. The molecule has 1 rings (SSSR count). The molecule has 0 amide bonds. The number of aliphatic carboxylic acids is 1. The van der Waals surface area contributed by atoms with Crippen LogP contribution in [0.25, 0.3) is 0 Å². The normalized spacial score (nSPS) is 18.9. The molecule has 4 heteroatoms. The molecule has 1 aliphatic rings. The van der Waals surface area contributed by atoms with Crippen LogP contribution in [-0.2, 0) is 4.79 Å². The first-order chi connectivity index (χ1) is 7.50. The molecule has 1 atom stereocenters. The zero-order chi connectivity index (χ0) is 12.1. The van der Waals surface area contributed by atoms with Crippen LogP contribution in [0.1, 0.15) is 26.7 Å². The van der Waals surface area contributed by atoms with Gasteiger partial charge in [-0.1, -0.05) is 5.57 Å². The molecule has 1 saturated carbocycles. The minimum atomic E-state index is -0.873. The number of nitrogens with zero attached hydrogens (tertiary/aromatic N) is 1. The summed E-state index contributed by atoms with van der Waals surface area (Å²) in [6.45, 7) is 5.57. The Morgan fingerprint density at radius 1 is 1.62 bits per heavy atom. The van der Waals surface area contributed by atoms with Crippen LogP contribution in [0.2, 0.25) is 0 Å². The van der Waals surface area contributed by atoms with E-state index in [2.05, 4.69) is 24.2 Å². The second-order valence-corrected chi connectivity index (χ2v) is 4.71. The van der Waals surface area contributed by atoms with Gasteiger partial charge in [0.15, 0.2) is 0 Å². The van der Waals surface area contributed by atoms with Crippen molar-refractivity contribution in [2.75, 3.05) is 20.1 Å². The predicted molar refractivity (Wildman–Crippen MR) is 64.5 cm³/mol.